The van der Waals surface area contributed by atoms with E-state index < -0.39 is 0 Å². The standard InChI is InChI=1S/C12H17N3O2/c1-9-3-2-4-11(14-9)15-12(16)7-10-8-13-5-6-17-10/h2-4,10,13H,5-8H2,1H3,(H,14,15,16). The monoisotopic (exact) mass is 235 g/mol. The lowest BCUT2D eigenvalue weighted by molar-refractivity contribution is -0.119. The van der Waals surface area contributed by atoms with E-state index in [1.165, 1.54) is 0 Å². The summed E-state index contributed by atoms with van der Waals surface area (Å²) in [6.07, 6.45) is 0.330. The average Bonchev–Trinajstić information content (AvgIpc) is 2.30. The third-order valence-electron chi connectivity index (χ3n) is 2.57. The summed E-state index contributed by atoms with van der Waals surface area (Å²) in [6, 6.07) is 5.55. The van der Waals surface area contributed by atoms with Crippen LogP contribution in [0.4, 0.5) is 5.82 Å². The van der Waals surface area contributed by atoms with Crippen LogP contribution in [-0.2, 0) is 9.53 Å². The SMILES string of the molecule is Cc1cccc(NC(=O)CC2CNCCO2)n1. The predicted octanol–water partition coefficient (Wildman–Crippen LogP) is 0.707. The average molecular weight is 235 g/mol. The lowest BCUT2D eigenvalue weighted by atomic mass is 10.2. The summed E-state index contributed by atoms with van der Waals surface area (Å²) in [5.74, 6) is 0.538. The van der Waals surface area contributed by atoms with E-state index in [-0.39, 0.29) is 12.0 Å². The van der Waals surface area contributed by atoms with Gasteiger partial charge in [-0.2, -0.15) is 0 Å². The van der Waals surface area contributed by atoms with Crippen LogP contribution in [0.25, 0.3) is 0 Å². The minimum absolute atomic E-state index is 0.0337. The van der Waals surface area contributed by atoms with E-state index in [4.69, 9.17) is 4.74 Å². The number of nitrogens with zero attached hydrogens (tertiary/aromatic N) is 1. The summed E-state index contributed by atoms with van der Waals surface area (Å²) in [5.41, 5.74) is 0.887. The molecule has 0 radical (unpaired) electrons. The molecule has 1 atom stereocenters. The van der Waals surface area contributed by atoms with E-state index in [0.717, 1.165) is 18.8 Å². The fraction of sp³-hybridized carbons (Fsp3) is 0.500. The van der Waals surface area contributed by atoms with Crippen molar-refractivity contribution in [3.8, 4) is 0 Å². The molecule has 1 fully saturated rings. The van der Waals surface area contributed by atoms with Gasteiger partial charge in [-0.15, -0.1) is 0 Å². The van der Waals surface area contributed by atoms with Crippen molar-refractivity contribution in [1.29, 1.82) is 0 Å². The Morgan fingerprint density at radius 3 is 3.24 bits per heavy atom. The van der Waals surface area contributed by atoms with E-state index in [2.05, 4.69) is 15.6 Å². The fourth-order valence-corrected chi connectivity index (χ4v) is 1.76. The molecule has 5 heteroatoms. The van der Waals surface area contributed by atoms with Gasteiger partial charge in [0.05, 0.1) is 19.1 Å². The minimum atomic E-state index is -0.0585. The third-order valence-corrected chi connectivity index (χ3v) is 2.57. The highest BCUT2D eigenvalue weighted by atomic mass is 16.5. The number of ether oxygens (including phenoxy) is 1. The summed E-state index contributed by atoms with van der Waals surface area (Å²) in [6.45, 7) is 4.15. The Labute approximate surface area is 101 Å². The zero-order valence-electron chi connectivity index (χ0n) is 9.90. The molecule has 17 heavy (non-hydrogen) atoms. The molecule has 1 amide bonds. The summed E-state index contributed by atoms with van der Waals surface area (Å²) < 4.78 is 5.47. The molecule has 1 aliphatic heterocycles. The van der Waals surface area contributed by atoms with E-state index >= 15 is 0 Å². The summed E-state index contributed by atoms with van der Waals surface area (Å²) >= 11 is 0. The van der Waals surface area contributed by atoms with Crippen molar-refractivity contribution in [2.45, 2.75) is 19.4 Å². The maximum Gasteiger partial charge on any atom is 0.228 e. The number of carbonyl (C=O) groups excluding carboxylic acids is 1. The molecule has 0 spiro atoms. The number of aryl methyl sites for hydroxylation is 1. The van der Waals surface area contributed by atoms with Crippen molar-refractivity contribution in [3.63, 3.8) is 0 Å². The van der Waals surface area contributed by atoms with Gasteiger partial charge in [-0.25, -0.2) is 4.98 Å². The first kappa shape index (κ1) is 12.0. The Bertz CT molecular complexity index is 389. The molecule has 0 aromatic carbocycles. The molecule has 0 bridgehead atoms. The molecule has 2 rings (SSSR count). The molecule has 92 valence electrons. The number of pyridine rings is 1. The van der Waals surface area contributed by atoms with Gasteiger partial charge in [0.2, 0.25) is 5.91 Å². The van der Waals surface area contributed by atoms with Gasteiger partial charge in [0.1, 0.15) is 5.82 Å². The molecule has 1 aliphatic rings. The number of nitrogens with one attached hydrogen (secondary N) is 2. The predicted molar refractivity (Wildman–Crippen MR) is 64.8 cm³/mol. The summed E-state index contributed by atoms with van der Waals surface area (Å²) in [4.78, 5) is 16.0. The number of hydrogen-bond donors (Lipinski definition) is 2. The highest BCUT2D eigenvalue weighted by Gasteiger charge is 2.17. The number of carbonyl (C=O) groups is 1. The number of aromatic nitrogens is 1. The molecule has 1 unspecified atom stereocenters. The Balaban J connectivity index is 1.84. The molecule has 2 N–H and O–H groups in total. The zero-order chi connectivity index (χ0) is 12.1. The van der Waals surface area contributed by atoms with Crippen LogP contribution in [0.15, 0.2) is 18.2 Å². The van der Waals surface area contributed by atoms with Crippen molar-refractivity contribution in [3.05, 3.63) is 23.9 Å². The molecule has 1 saturated heterocycles. The van der Waals surface area contributed by atoms with Gasteiger partial charge >= 0.3 is 0 Å². The van der Waals surface area contributed by atoms with Crippen LogP contribution in [-0.4, -0.2) is 36.7 Å². The number of rotatable bonds is 3. The Kier molecular flexibility index (Phi) is 4.06. The lowest BCUT2D eigenvalue weighted by Gasteiger charge is -2.22. The second kappa shape index (κ2) is 5.75. The number of morpholine rings is 1. The largest absolute Gasteiger partial charge is 0.375 e. The van der Waals surface area contributed by atoms with Gasteiger partial charge in [-0.05, 0) is 19.1 Å². The van der Waals surface area contributed by atoms with Crippen molar-refractivity contribution in [2.75, 3.05) is 25.0 Å². The Morgan fingerprint density at radius 2 is 2.53 bits per heavy atom. The maximum absolute atomic E-state index is 11.7. The van der Waals surface area contributed by atoms with Crippen molar-refractivity contribution >= 4 is 11.7 Å². The van der Waals surface area contributed by atoms with E-state index in [1.54, 1.807) is 6.07 Å². The van der Waals surface area contributed by atoms with Gasteiger partial charge in [-0.3, -0.25) is 4.79 Å². The maximum atomic E-state index is 11.7. The van der Waals surface area contributed by atoms with Crippen LogP contribution < -0.4 is 10.6 Å². The highest BCUT2D eigenvalue weighted by molar-refractivity contribution is 5.90. The van der Waals surface area contributed by atoms with Crippen LogP contribution in [0, 0.1) is 6.92 Å². The van der Waals surface area contributed by atoms with E-state index in [9.17, 15) is 4.79 Å². The topological polar surface area (TPSA) is 63.2 Å². The molecule has 0 aliphatic carbocycles. The Hall–Kier alpha value is -1.46. The zero-order valence-corrected chi connectivity index (χ0v) is 9.90. The lowest BCUT2D eigenvalue weighted by Crippen LogP contribution is -2.40. The normalized spacial score (nSPS) is 19.9. The van der Waals surface area contributed by atoms with Gasteiger partial charge in [0.25, 0.3) is 0 Å². The minimum Gasteiger partial charge on any atom is -0.375 e. The second-order valence-electron chi connectivity index (χ2n) is 4.11. The molecule has 0 saturated carbocycles. The second-order valence-corrected chi connectivity index (χ2v) is 4.11. The summed E-state index contributed by atoms with van der Waals surface area (Å²) in [5, 5.41) is 5.96. The van der Waals surface area contributed by atoms with Gasteiger partial charge in [0.15, 0.2) is 0 Å². The van der Waals surface area contributed by atoms with Crippen LogP contribution >= 0.6 is 0 Å². The smallest absolute Gasteiger partial charge is 0.228 e. The first-order chi connectivity index (χ1) is 8.24. The molecule has 5 nitrogen and oxygen atoms in total. The number of amides is 1. The molecule has 2 heterocycles. The quantitative estimate of drug-likeness (QED) is 0.810. The third kappa shape index (κ3) is 3.80. The van der Waals surface area contributed by atoms with Crippen molar-refractivity contribution in [2.24, 2.45) is 0 Å². The first-order valence-electron chi connectivity index (χ1n) is 5.80. The van der Waals surface area contributed by atoms with Crippen molar-refractivity contribution in [1.82, 2.24) is 10.3 Å². The molecule has 1 aromatic rings. The van der Waals surface area contributed by atoms with Gasteiger partial charge in [-0.1, -0.05) is 6.07 Å². The van der Waals surface area contributed by atoms with Crippen molar-refractivity contribution < 1.29 is 9.53 Å². The van der Waals surface area contributed by atoms with Crippen LogP contribution in [0.5, 0.6) is 0 Å². The van der Waals surface area contributed by atoms with Crippen LogP contribution in [0.1, 0.15) is 12.1 Å². The first-order valence-corrected chi connectivity index (χ1v) is 5.80. The molecular formula is C12H17N3O2. The number of hydrogen-bond acceptors (Lipinski definition) is 4. The summed E-state index contributed by atoms with van der Waals surface area (Å²) in [7, 11) is 0. The Morgan fingerprint density at radius 1 is 1.65 bits per heavy atom. The van der Waals surface area contributed by atoms with Gasteiger partial charge < -0.3 is 15.4 Å². The van der Waals surface area contributed by atoms with Crippen LogP contribution in [0.2, 0.25) is 0 Å². The highest BCUT2D eigenvalue weighted by Crippen LogP contribution is 2.07. The van der Waals surface area contributed by atoms with E-state index in [0.29, 0.717) is 18.8 Å². The molecular weight excluding hydrogens is 218 g/mol. The van der Waals surface area contributed by atoms with Crippen LogP contribution in [0.3, 0.4) is 0 Å². The van der Waals surface area contributed by atoms with Gasteiger partial charge in [0, 0.05) is 18.8 Å². The van der Waals surface area contributed by atoms with E-state index in [1.807, 2.05) is 19.1 Å². The number of anilines is 1. The fourth-order valence-electron chi connectivity index (χ4n) is 1.76. The molecule has 1 aromatic heterocycles.